The van der Waals surface area contributed by atoms with E-state index in [-0.39, 0.29) is 28.7 Å². The van der Waals surface area contributed by atoms with Crippen molar-refractivity contribution in [3.63, 3.8) is 0 Å². The van der Waals surface area contributed by atoms with Gasteiger partial charge in [0.1, 0.15) is 11.1 Å². The van der Waals surface area contributed by atoms with Crippen molar-refractivity contribution in [2.75, 3.05) is 25.5 Å². The van der Waals surface area contributed by atoms with Crippen LogP contribution in [-0.4, -0.2) is 58.4 Å². The van der Waals surface area contributed by atoms with Crippen molar-refractivity contribution in [1.29, 1.82) is 0 Å². The number of nitrogens with one attached hydrogen (secondary N) is 1. The summed E-state index contributed by atoms with van der Waals surface area (Å²) in [6.45, 7) is 10.3. The Bertz CT molecular complexity index is 1220. The van der Waals surface area contributed by atoms with Crippen molar-refractivity contribution in [3.8, 4) is 11.5 Å². The lowest BCUT2D eigenvalue weighted by Crippen LogP contribution is -2.80. The van der Waals surface area contributed by atoms with Gasteiger partial charge in [-0.25, -0.2) is 0 Å². The smallest absolute Gasteiger partial charge is 0.243 e. The van der Waals surface area contributed by atoms with E-state index in [9.17, 15) is 9.59 Å². The molecule has 3 spiro atoms. The number of fused-ring (bicyclic) bond motifs is 5. The van der Waals surface area contributed by atoms with Gasteiger partial charge in [-0.05, 0) is 81.5 Å². The van der Waals surface area contributed by atoms with E-state index in [4.69, 9.17) is 9.47 Å². The van der Waals surface area contributed by atoms with E-state index in [1.54, 1.807) is 6.26 Å². The van der Waals surface area contributed by atoms with Gasteiger partial charge in [0.15, 0.2) is 11.5 Å². The molecule has 0 aromatic heterocycles. The number of rotatable bonds is 0. The molecule has 4 saturated heterocycles. The van der Waals surface area contributed by atoms with Crippen molar-refractivity contribution in [2.45, 2.75) is 81.9 Å². The summed E-state index contributed by atoms with van der Waals surface area (Å²) in [5.74, 6) is 1.72. The zero-order chi connectivity index (χ0) is 24.6. The Morgan fingerprint density at radius 2 is 1.91 bits per heavy atom. The first-order valence-corrected chi connectivity index (χ1v) is 13.0. The molecule has 5 fully saturated rings. The highest BCUT2D eigenvalue weighted by Gasteiger charge is 2.79. The molecule has 7 aliphatic rings. The molecule has 8 rings (SSSR count). The lowest BCUT2D eigenvalue weighted by atomic mass is 9.56. The number of hydrogen-bond donors (Lipinski definition) is 1. The Kier molecular flexibility index (Phi) is 3.86. The highest BCUT2D eigenvalue weighted by molar-refractivity contribution is 6.09. The molecule has 7 heteroatoms. The van der Waals surface area contributed by atoms with E-state index < -0.39 is 16.6 Å². The SMILES string of the molecule is CN1C(=O)[C@@]23CCCCN2C[C@@]12C[C@@]1(C(=O)Nc4c1ccc1c4OC=CC(C)(C)O1)C(C)(C)[C@@H]2C3. The number of carbonyl (C=O) groups excluding carboxylic acids is 2. The normalized spacial score (nSPS) is 39.8. The van der Waals surface area contributed by atoms with Crippen LogP contribution in [0.5, 0.6) is 11.5 Å². The van der Waals surface area contributed by atoms with Crippen LogP contribution in [0.15, 0.2) is 24.5 Å². The van der Waals surface area contributed by atoms with Gasteiger partial charge in [0.25, 0.3) is 0 Å². The molecular weight excluding hydrogens is 442 g/mol. The number of hydrogen-bond acceptors (Lipinski definition) is 5. The largest absolute Gasteiger partial charge is 0.480 e. The summed E-state index contributed by atoms with van der Waals surface area (Å²) in [4.78, 5) is 32.5. The van der Waals surface area contributed by atoms with Crippen molar-refractivity contribution in [2.24, 2.45) is 11.3 Å². The molecule has 1 aliphatic carbocycles. The Labute approximate surface area is 206 Å². The average molecular weight is 478 g/mol. The second-order valence-corrected chi connectivity index (χ2v) is 12.8. The van der Waals surface area contributed by atoms with Gasteiger partial charge >= 0.3 is 0 Å². The number of amides is 2. The number of anilines is 1. The molecule has 6 heterocycles. The van der Waals surface area contributed by atoms with Crippen LogP contribution in [0.1, 0.15) is 65.4 Å². The summed E-state index contributed by atoms with van der Waals surface area (Å²) >= 11 is 0. The van der Waals surface area contributed by atoms with Crippen LogP contribution >= 0.6 is 0 Å². The van der Waals surface area contributed by atoms with Gasteiger partial charge in [-0.3, -0.25) is 14.5 Å². The highest BCUT2D eigenvalue weighted by atomic mass is 16.5. The third kappa shape index (κ3) is 2.28. The molecule has 2 bridgehead atoms. The molecule has 4 atom stereocenters. The second-order valence-electron chi connectivity index (χ2n) is 12.8. The van der Waals surface area contributed by atoms with Crippen molar-refractivity contribution in [1.82, 2.24) is 9.80 Å². The first kappa shape index (κ1) is 21.7. The van der Waals surface area contributed by atoms with Crippen molar-refractivity contribution in [3.05, 3.63) is 30.0 Å². The molecule has 0 radical (unpaired) electrons. The van der Waals surface area contributed by atoms with Gasteiger partial charge < -0.3 is 19.7 Å². The molecule has 6 aliphatic heterocycles. The molecule has 2 amide bonds. The molecule has 1 aromatic rings. The third-order valence-corrected chi connectivity index (χ3v) is 10.7. The van der Waals surface area contributed by atoms with Crippen LogP contribution in [0.2, 0.25) is 0 Å². The van der Waals surface area contributed by atoms with Crippen molar-refractivity contribution >= 4 is 17.5 Å². The Morgan fingerprint density at radius 1 is 1.11 bits per heavy atom. The number of benzene rings is 1. The molecule has 186 valence electrons. The van der Waals surface area contributed by atoms with Crippen molar-refractivity contribution < 1.29 is 19.1 Å². The Balaban J connectivity index is 1.41. The molecule has 1 N–H and O–H groups in total. The van der Waals surface area contributed by atoms with E-state index in [0.29, 0.717) is 17.9 Å². The first-order chi connectivity index (χ1) is 16.5. The fraction of sp³-hybridized carbons (Fsp3) is 0.643. The highest BCUT2D eigenvalue weighted by Crippen LogP contribution is 2.72. The standard InChI is InChI=1S/C28H35N3O4/c1-24(2)11-13-34-21-18(35-24)9-8-17-20(21)29-22(32)28(17)15-27-16-31-12-7-6-10-26(31,23(33)30(27)5)14-19(27)25(28,3)4/h8-9,11,13,19H,6-7,10,12,14-16H2,1-5H3,(H,29,32)/t19-,26-,27+,28+/m0/s1. The fourth-order valence-corrected chi connectivity index (χ4v) is 8.90. The molecule has 1 aromatic carbocycles. The summed E-state index contributed by atoms with van der Waals surface area (Å²) in [5, 5.41) is 3.23. The van der Waals surface area contributed by atoms with Crippen LogP contribution in [-0.2, 0) is 15.0 Å². The van der Waals surface area contributed by atoms with E-state index in [2.05, 4.69) is 35.0 Å². The zero-order valence-corrected chi connectivity index (χ0v) is 21.4. The van der Waals surface area contributed by atoms with E-state index in [0.717, 1.165) is 50.0 Å². The Morgan fingerprint density at radius 3 is 2.71 bits per heavy atom. The van der Waals surface area contributed by atoms with Gasteiger partial charge in [0.05, 0.1) is 22.9 Å². The molecule has 0 unspecified atom stereocenters. The number of piperidine rings is 3. The average Bonchev–Trinajstić information content (AvgIpc) is 3.12. The van der Waals surface area contributed by atoms with Crippen LogP contribution < -0.4 is 14.8 Å². The minimum absolute atomic E-state index is 0.0190. The second kappa shape index (κ2) is 6.23. The summed E-state index contributed by atoms with van der Waals surface area (Å²) < 4.78 is 12.3. The predicted molar refractivity (Wildman–Crippen MR) is 131 cm³/mol. The number of nitrogens with zero attached hydrogens (tertiary/aromatic N) is 2. The van der Waals surface area contributed by atoms with E-state index in [1.165, 1.54) is 0 Å². The molecule has 1 saturated carbocycles. The minimum atomic E-state index is -0.744. The maximum absolute atomic E-state index is 14.1. The van der Waals surface area contributed by atoms with Gasteiger partial charge in [-0.2, -0.15) is 0 Å². The quantitative estimate of drug-likeness (QED) is 0.615. The summed E-state index contributed by atoms with van der Waals surface area (Å²) in [6.07, 6.45) is 8.18. The van der Waals surface area contributed by atoms with Crippen LogP contribution in [0.3, 0.4) is 0 Å². The number of likely N-dealkylation sites (N-methyl/N-ethyl adjacent to an activating group) is 1. The fourth-order valence-electron chi connectivity index (χ4n) is 8.90. The van der Waals surface area contributed by atoms with E-state index >= 15 is 0 Å². The van der Waals surface area contributed by atoms with Crippen LogP contribution in [0, 0.1) is 11.3 Å². The maximum Gasteiger partial charge on any atom is 0.243 e. The number of piperazine rings is 1. The molecular formula is C28H35N3O4. The summed E-state index contributed by atoms with van der Waals surface area (Å²) in [5.41, 5.74) is -0.657. The van der Waals surface area contributed by atoms with Gasteiger partial charge in [-0.15, -0.1) is 0 Å². The van der Waals surface area contributed by atoms with Gasteiger partial charge in [0, 0.05) is 13.6 Å². The lowest BCUT2D eigenvalue weighted by molar-refractivity contribution is -0.196. The lowest BCUT2D eigenvalue weighted by Gasteiger charge is -2.67. The molecule has 7 nitrogen and oxygen atoms in total. The monoisotopic (exact) mass is 477 g/mol. The molecule has 35 heavy (non-hydrogen) atoms. The maximum atomic E-state index is 14.1. The first-order valence-electron chi connectivity index (χ1n) is 13.0. The zero-order valence-electron chi connectivity index (χ0n) is 21.4. The topological polar surface area (TPSA) is 71.1 Å². The summed E-state index contributed by atoms with van der Waals surface area (Å²) in [7, 11) is 1.99. The third-order valence-electron chi connectivity index (χ3n) is 10.7. The number of ether oxygens (including phenoxy) is 2. The minimum Gasteiger partial charge on any atom is -0.480 e. The van der Waals surface area contributed by atoms with Crippen LogP contribution in [0.4, 0.5) is 5.69 Å². The van der Waals surface area contributed by atoms with Crippen LogP contribution in [0.25, 0.3) is 0 Å². The Hall–Kier alpha value is -2.54. The summed E-state index contributed by atoms with van der Waals surface area (Å²) in [6, 6.07) is 4.02. The van der Waals surface area contributed by atoms with E-state index in [1.807, 2.05) is 33.0 Å². The number of carbonyl (C=O) groups is 2. The predicted octanol–water partition coefficient (Wildman–Crippen LogP) is 3.83. The van der Waals surface area contributed by atoms with Gasteiger partial charge in [0.2, 0.25) is 11.8 Å². The van der Waals surface area contributed by atoms with Gasteiger partial charge in [-0.1, -0.05) is 19.9 Å².